The number of rotatable bonds is 10. The standard InChI is InChI=1S/C20H20F3NO5/c1-28-18-10-14(16(25)7-9-19(26)27)4-8-17(18)29-12-24-11-13-2-5-15(6-3-13)20(21,22)23/h2-6,8,10,24H,7,9,11-12H2,1H3,(H,26,27). The van der Waals surface area contributed by atoms with Gasteiger partial charge in [0.25, 0.3) is 0 Å². The molecule has 0 aromatic heterocycles. The number of alkyl halides is 3. The maximum Gasteiger partial charge on any atom is 0.416 e. The van der Waals surface area contributed by atoms with E-state index >= 15 is 0 Å². The Hall–Kier alpha value is -3.07. The van der Waals surface area contributed by atoms with Crippen LogP contribution in [0.25, 0.3) is 0 Å². The molecule has 2 aromatic rings. The van der Waals surface area contributed by atoms with Crippen LogP contribution in [0.15, 0.2) is 42.5 Å². The molecule has 0 heterocycles. The first-order valence-corrected chi connectivity index (χ1v) is 8.63. The minimum absolute atomic E-state index is 0.0592. The number of Topliss-reactive ketones (excluding diaryl/α,β-unsaturated/α-hetero) is 1. The van der Waals surface area contributed by atoms with Crippen LogP contribution in [0.4, 0.5) is 13.2 Å². The second-order valence-corrected chi connectivity index (χ2v) is 6.09. The molecule has 0 aliphatic rings. The zero-order valence-electron chi connectivity index (χ0n) is 15.6. The summed E-state index contributed by atoms with van der Waals surface area (Å²) in [7, 11) is 1.41. The Balaban J connectivity index is 1.88. The van der Waals surface area contributed by atoms with Gasteiger partial charge in [0.05, 0.1) is 19.1 Å². The lowest BCUT2D eigenvalue weighted by Gasteiger charge is -2.13. The van der Waals surface area contributed by atoms with E-state index in [4.69, 9.17) is 14.6 Å². The van der Waals surface area contributed by atoms with E-state index in [1.165, 1.54) is 37.4 Å². The maximum absolute atomic E-state index is 12.5. The predicted molar refractivity (Wildman–Crippen MR) is 98.0 cm³/mol. The molecule has 0 saturated carbocycles. The number of methoxy groups -OCH3 is 1. The number of ketones is 1. The molecule has 0 saturated heterocycles. The summed E-state index contributed by atoms with van der Waals surface area (Å²) in [5, 5.41) is 11.6. The molecule has 6 nitrogen and oxygen atoms in total. The molecule has 0 spiro atoms. The van der Waals surface area contributed by atoms with Crippen LogP contribution in [0.2, 0.25) is 0 Å². The van der Waals surface area contributed by atoms with Crippen LogP contribution < -0.4 is 14.8 Å². The number of halogens is 3. The first-order chi connectivity index (χ1) is 13.7. The molecule has 9 heteroatoms. The van der Waals surface area contributed by atoms with E-state index in [1.54, 1.807) is 0 Å². The van der Waals surface area contributed by atoms with Gasteiger partial charge in [-0.15, -0.1) is 0 Å². The number of carboxylic acid groups (broad SMARTS) is 1. The predicted octanol–water partition coefficient (Wildman–Crippen LogP) is 3.89. The molecule has 29 heavy (non-hydrogen) atoms. The minimum atomic E-state index is -4.37. The summed E-state index contributed by atoms with van der Waals surface area (Å²) in [6.45, 7) is 0.357. The van der Waals surface area contributed by atoms with Gasteiger partial charge >= 0.3 is 12.1 Å². The Morgan fingerprint density at radius 3 is 2.31 bits per heavy atom. The van der Waals surface area contributed by atoms with E-state index in [1.807, 2.05) is 0 Å². The molecule has 0 aliphatic heterocycles. The Kier molecular flexibility index (Phi) is 7.60. The van der Waals surface area contributed by atoms with Gasteiger partial charge in [0.2, 0.25) is 0 Å². The van der Waals surface area contributed by atoms with Crippen molar-refractivity contribution in [2.24, 2.45) is 0 Å². The normalized spacial score (nSPS) is 11.2. The van der Waals surface area contributed by atoms with Crippen molar-refractivity contribution in [3.8, 4) is 11.5 Å². The molecule has 0 atom stereocenters. The molecule has 0 amide bonds. The van der Waals surface area contributed by atoms with Crippen LogP contribution in [0, 0.1) is 0 Å². The van der Waals surface area contributed by atoms with Crippen LogP contribution in [0.1, 0.15) is 34.3 Å². The number of carbonyl (C=O) groups excluding carboxylic acids is 1. The minimum Gasteiger partial charge on any atom is -0.493 e. The van der Waals surface area contributed by atoms with Crippen LogP contribution in [0.3, 0.4) is 0 Å². The van der Waals surface area contributed by atoms with E-state index in [0.717, 1.165) is 12.1 Å². The van der Waals surface area contributed by atoms with Gasteiger partial charge in [-0.1, -0.05) is 12.1 Å². The lowest BCUT2D eigenvalue weighted by atomic mass is 10.1. The quantitative estimate of drug-likeness (QED) is 0.351. The van der Waals surface area contributed by atoms with Gasteiger partial charge in [-0.3, -0.25) is 14.9 Å². The summed E-state index contributed by atoms with van der Waals surface area (Å²) >= 11 is 0. The lowest BCUT2D eigenvalue weighted by Crippen LogP contribution is -2.20. The molecule has 156 valence electrons. The fourth-order valence-electron chi connectivity index (χ4n) is 2.46. The monoisotopic (exact) mass is 411 g/mol. The smallest absolute Gasteiger partial charge is 0.416 e. The summed E-state index contributed by atoms with van der Waals surface area (Å²) in [6.07, 6.45) is -4.74. The van der Waals surface area contributed by atoms with E-state index in [2.05, 4.69) is 5.32 Å². The number of hydrogen-bond donors (Lipinski definition) is 2. The molecule has 2 aromatic carbocycles. The third kappa shape index (κ3) is 6.79. The third-order valence-corrected chi connectivity index (χ3v) is 3.99. The summed E-state index contributed by atoms with van der Waals surface area (Å²) in [5.41, 5.74) is 0.265. The summed E-state index contributed by atoms with van der Waals surface area (Å²) < 4.78 is 48.4. The molecule has 0 bridgehead atoms. The van der Waals surface area contributed by atoms with Crippen molar-refractivity contribution in [2.45, 2.75) is 25.6 Å². The topological polar surface area (TPSA) is 84.9 Å². The largest absolute Gasteiger partial charge is 0.493 e. The van der Waals surface area contributed by atoms with Crippen LogP contribution in [-0.4, -0.2) is 30.7 Å². The van der Waals surface area contributed by atoms with E-state index in [0.29, 0.717) is 29.2 Å². The van der Waals surface area contributed by atoms with Crippen molar-refractivity contribution in [2.75, 3.05) is 13.8 Å². The highest BCUT2D eigenvalue weighted by Crippen LogP contribution is 2.30. The van der Waals surface area contributed by atoms with Gasteiger partial charge in [0.15, 0.2) is 17.3 Å². The van der Waals surface area contributed by atoms with Crippen molar-refractivity contribution in [3.63, 3.8) is 0 Å². The summed E-state index contributed by atoms with van der Waals surface area (Å²) in [4.78, 5) is 22.6. The number of benzene rings is 2. The summed E-state index contributed by atoms with van der Waals surface area (Å²) in [5.74, 6) is -0.702. The highest BCUT2D eigenvalue weighted by molar-refractivity contribution is 5.98. The zero-order valence-corrected chi connectivity index (χ0v) is 15.6. The Labute approximate surface area is 165 Å². The van der Waals surface area contributed by atoms with Gasteiger partial charge in [0.1, 0.15) is 6.73 Å². The first kappa shape index (κ1) is 22.2. The molecule has 0 unspecified atom stereocenters. The number of carbonyl (C=O) groups is 2. The van der Waals surface area contributed by atoms with E-state index < -0.39 is 17.7 Å². The number of hydrogen-bond acceptors (Lipinski definition) is 5. The number of aliphatic carboxylic acids is 1. The Bertz CT molecular complexity index is 850. The van der Waals surface area contributed by atoms with Crippen molar-refractivity contribution in [3.05, 3.63) is 59.2 Å². The lowest BCUT2D eigenvalue weighted by molar-refractivity contribution is -0.138. The van der Waals surface area contributed by atoms with E-state index in [9.17, 15) is 22.8 Å². The highest BCUT2D eigenvalue weighted by Gasteiger charge is 2.29. The zero-order chi connectivity index (χ0) is 21.4. The average Bonchev–Trinajstić information content (AvgIpc) is 2.69. The Morgan fingerprint density at radius 2 is 1.72 bits per heavy atom. The van der Waals surface area contributed by atoms with Crippen molar-refractivity contribution in [1.29, 1.82) is 0 Å². The molecular weight excluding hydrogens is 391 g/mol. The van der Waals surface area contributed by atoms with Crippen molar-refractivity contribution in [1.82, 2.24) is 5.32 Å². The second-order valence-electron chi connectivity index (χ2n) is 6.09. The van der Waals surface area contributed by atoms with Gasteiger partial charge in [0, 0.05) is 18.5 Å². The Morgan fingerprint density at radius 1 is 1.03 bits per heavy atom. The van der Waals surface area contributed by atoms with Crippen molar-refractivity contribution < 1.29 is 37.3 Å². The number of nitrogens with one attached hydrogen (secondary N) is 1. The average molecular weight is 411 g/mol. The molecule has 0 radical (unpaired) electrons. The van der Waals surface area contributed by atoms with E-state index in [-0.39, 0.29) is 25.4 Å². The highest BCUT2D eigenvalue weighted by atomic mass is 19.4. The maximum atomic E-state index is 12.5. The fraction of sp³-hybridized carbons (Fsp3) is 0.300. The molecule has 0 aliphatic carbocycles. The van der Waals surface area contributed by atoms with Gasteiger partial charge in [-0.25, -0.2) is 0 Å². The van der Waals surface area contributed by atoms with Crippen molar-refractivity contribution >= 4 is 11.8 Å². The number of carboxylic acids is 1. The molecular formula is C20H20F3NO5. The number of ether oxygens (including phenoxy) is 2. The van der Waals surface area contributed by atoms with Gasteiger partial charge < -0.3 is 14.6 Å². The van der Waals surface area contributed by atoms with Crippen LogP contribution in [-0.2, 0) is 17.5 Å². The van der Waals surface area contributed by atoms with Gasteiger partial charge in [-0.05, 0) is 35.9 Å². The molecule has 2 N–H and O–H groups in total. The second kappa shape index (κ2) is 9.92. The van der Waals surface area contributed by atoms with Gasteiger partial charge in [-0.2, -0.15) is 13.2 Å². The molecule has 0 fully saturated rings. The first-order valence-electron chi connectivity index (χ1n) is 8.63. The molecule has 2 rings (SSSR count). The summed E-state index contributed by atoms with van der Waals surface area (Å²) in [6, 6.07) is 9.31. The fourth-order valence-corrected chi connectivity index (χ4v) is 2.46. The SMILES string of the molecule is COc1cc(C(=O)CCC(=O)O)ccc1OCNCc1ccc(C(F)(F)F)cc1. The van der Waals surface area contributed by atoms with Crippen LogP contribution in [0.5, 0.6) is 11.5 Å². The third-order valence-electron chi connectivity index (χ3n) is 3.99. The van der Waals surface area contributed by atoms with Crippen LogP contribution >= 0.6 is 0 Å².